The Hall–Kier alpha value is -2.10. The minimum Gasteiger partial charge on any atom is -0.497 e. The summed E-state index contributed by atoms with van der Waals surface area (Å²) in [6.45, 7) is 1.04. The van der Waals surface area contributed by atoms with Crippen molar-refractivity contribution in [1.82, 2.24) is 9.88 Å². The molecule has 0 atom stereocenters. The molecule has 0 aliphatic heterocycles. The van der Waals surface area contributed by atoms with Crippen molar-refractivity contribution in [2.24, 2.45) is 0 Å². The van der Waals surface area contributed by atoms with E-state index >= 15 is 0 Å². The summed E-state index contributed by atoms with van der Waals surface area (Å²) >= 11 is 1.56. The van der Waals surface area contributed by atoms with Gasteiger partial charge in [0.25, 0.3) is 0 Å². The lowest BCUT2D eigenvalue weighted by atomic mass is 10.2. The zero-order chi connectivity index (χ0) is 15.2. The number of nitrogens with zero attached hydrogens (tertiary/aromatic N) is 3. The number of thiazole rings is 1. The number of hydrogen-bond acceptors (Lipinski definition) is 6. The minimum atomic E-state index is 0.388. The average molecular weight is 303 g/mol. The molecule has 0 spiro atoms. The summed E-state index contributed by atoms with van der Waals surface area (Å²) in [7, 11) is 5.16. The van der Waals surface area contributed by atoms with Gasteiger partial charge < -0.3 is 9.47 Å². The SMILES string of the molecule is COc1ccc(-c2nc(CN(C)CC#N)cs2)c(OC)c1. The highest BCUT2D eigenvalue weighted by Crippen LogP contribution is 2.35. The zero-order valence-corrected chi connectivity index (χ0v) is 13.1. The number of aromatic nitrogens is 1. The third-order valence-electron chi connectivity index (χ3n) is 2.96. The fourth-order valence-electron chi connectivity index (χ4n) is 1.93. The first-order valence-electron chi connectivity index (χ1n) is 6.40. The topological polar surface area (TPSA) is 58.4 Å². The first kappa shape index (κ1) is 15.3. The van der Waals surface area contributed by atoms with Gasteiger partial charge >= 0.3 is 0 Å². The van der Waals surface area contributed by atoms with Gasteiger partial charge in [-0.3, -0.25) is 4.90 Å². The number of nitriles is 1. The number of ether oxygens (including phenoxy) is 2. The van der Waals surface area contributed by atoms with E-state index in [-0.39, 0.29) is 0 Å². The van der Waals surface area contributed by atoms with Crippen LogP contribution in [0.15, 0.2) is 23.6 Å². The summed E-state index contributed by atoms with van der Waals surface area (Å²) in [6.07, 6.45) is 0. The van der Waals surface area contributed by atoms with Gasteiger partial charge in [0.1, 0.15) is 16.5 Å². The van der Waals surface area contributed by atoms with Crippen molar-refractivity contribution in [1.29, 1.82) is 5.26 Å². The predicted octanol–water partition coefficient (Wildman–Crippen LogP) is 2.78. The smallest absolute Gasteiger partial charge is 0.132 e. The lowest BCUT2D eigenvalue weighted by Crippen LogP contribution is -2.17. The van der Waals surface area contributed by atoms with E-state index < -0.39 is 0 Å². The molecule has 5 nitrogen and oxygen atoms in total. The van der Waals surface area contributed by atoms with Gasteiger partial charge in [-0.05, 0) is 19.2 Å². The molecule has 1 aromatic heterocycles. The molecule has 1 heterocycles. The van der Waals surface area contributed by atoms with E-state index in [2.05, 4.69) is 11.1 Å². The van der Waals surface area contributed by atoms with Crippen LogP contribution in [0.25, 0.3) is 10.6 Å². The van der Waals surface area contributed by atoms with Gasteiger partial charge in [-0.1, -0.05) is 0 Å². The standard InChI is InChI=1S/C15H17N3O2S/c1-18(7-6-16)9-11-10-21-15(17-11)13-5-4-12(19-2)8-14(13)20-3/h4-5,8,10H,7,9H2,1-3H3. The van der Waals surface area contributed by atoms with Gasteiger partial charge in [-0.25, -0.2) is 4.98 Å². The summed E-state index contributed by atoms with van der Waals surface area (Å²) in [5.41, 5.74) is 1.89. The summed E-state index contributed by atoms with van der Waals surface area (Å²) in [6, 6.07) is 7.80. The van der Waals surface area contributed by atoms with Crippen molar-refractivity contribution in [3.8, 4) is 28.1 Å². The van der Waals surface area contributed by atoms with Crippen LogP contribution in [-0.4, -0.2) is 37.7 Å². The summed E-state index contributed by atoms with van der Waals surface area (Å²) in [4.78, 5) is 6.53. The van der Waals surface area contributed by atoms with Gasteiger partial charge in [0.05, 0.1) is 38.1 Å². The lowest BCUT2D eigenvalue weighted by molar-refractivity contribution is 0.363. The number of benzene rings is 1. The molecule has 0 N–H and O–H groups in total. The van der Waals surface area contributed by atoms with Gasteiger partial charge in [-0.15, -0.1) is 11.3 Å². The van der Waals surface area contributed by atoms with Crippen LogP contribution in [0.4, 0.5) is 0 Å². The molecule has 2 rings (SSSR count). The molecule has 0 saturated carbocycles. The fraction of sp³-hybridized carbons (Fsp3) is 0.333. The highest BCUT2D eigenvalue weighted by atomic mass is 32.1. The van der Waals surface area contributed by atoms with Crippen molar-refractivity contribution < 1.29 is 9.47 Å². The van der Waals surface area contributed by atoms with Gasteiger partial charge in [0, 0.05) is 18.0 Å². The molecule has 21 heavy (non-hydrogen) atoms. The van der Waals surface area contributed by atoms with Crippen molar-refractivity contribution in [3.05, 3.63) is 29.3 Å². The second-order valence-electron chi connectivity index (χ2n) is 4.54. The third-order valence-corrected chi connectivity index (χ3v) is 3.89. The van der Waals surface area contributed by atoms with Crippen molar-refractivity contribution in [2.45, 2.75) is 6.54 Å². The van der Waals surface area contributed by atoms with E-state index in [0.29, 0.717) is 13.1 Å². The Bertz CT molecular complexity index is 649. The molecule has 0 aliphatic carbocycles. The first-order chi connectivity index (χ1) is 10.2. The van der Waals surface area contributed by atoms with Gasteiger partial charge in [0.15, 0.2) is 0 Å². The molecular formula is C15H17N3O2S. The zero-order valence-electron chi connectivity index (χ0n) is 12.3. The van der Waals surface area contributed by atoms with Crippen LogP contribution >= 0.6 is 11.3 Å². The molecule has 0 unspecified atom stereocenters. The molecule has 1 aromatic carbocycles. The summed E-state index contributed by atoms with van der Waals surface area (Å²) in [5, 5.41) is 11.6. The predicted molar refractivity (Wildman–Crippen MR) is 82.6 cm³/mol. The Balaban J connectivity index is 2.23. The van der Waals surface area contributed by atoms with Crippen LogP contribution in [0.3, 0.4) is 0 Å². The Morgan fingerprint density at radius 2 is 2.14 bits per heavy atom. The molecule has 6 heteroatoms. The van der Waals surface area contributed by atoms with E-state index in [1.165, 1.54) is 0 Å². The highest BCUT2D eigenvalue weighted by Gasteiger charge is 2.12. The van der Waals surface area contributed by atoms with Crippen LogP contribution in [0.1, 0.15) is 5.69 Å². The Morgan fingerprint density at radius 3 is 2.81 bits per heavy atom. The lowest BCUT2D eigenvalue weighted by Gasteiger charge is -2.10. The summed E-state index contributed by atoms with van der Waals surface area (Å²) < 4.78 is 10.6. The van der Waals surface area contributed by atoms with E-state index in [9.17, 15) is 0 Å². The van der Waals surface area contributed by atoms with Crippen LogP contribution in [0.2, 0.25) is 0 Å². The maximum Gasteiger partial charge on any atom is 0.132 e. The van der Waals surface area contributed by atoms with Gasteiger partial charge in [-0.2, -0.15) is 5.26 Å². The Labute approximate surface area is 128 Å². The van der Waals surface area contributed by atoms with Crippen LogP contribution in [-0.2, 0) is 6.54 Å². The molecule has 0 aliphatic rings. The Kier molecular flexibility index (Phi) is 5.14. The molecule has 0 bridgehead atoms. The first-order valence-corrected chi connectivity index (χ1v) is 7.28. The molecular weight excluding hydrogens is 286 g/mol. The van der Waals surface area contributed by atoms with Crippen LogP contribution in [0, 0.1) is 11.3 Å². The van der Waals surface area contributed by atoms with E-state index in [0.717, 1.165) is 27.8 Å². The van der Waals surface area contributed by atoms with Gasteiger partial charge in [0.2, 0.25) is 0 Å². The summed E-state index contributed by atoms with van der Waals surface area (Å²) in [5.74, 6) is 1.49. The van der Waals surface area contributed by atoms with Crippen molar-refractivity contribution in [2.75, 3.05) is 27.8 Å². The van der Waals surface area contributed by atoms with Crippen molar-refractivity contribution >= 4 is 11.3 Å². The number of methoxy groups -OCH3 is 2. The minimum absolute atomic E-state index is 0.388. The normalized spacial score (nSPS) is 10.4. The largest absolute Gasteiger partial charge is 0.497 e. The van der Waals surface area contributed by atoms with Crippen LogP contribution < -0.4 is 9.47 Å². The molecule has 0 amide bonds. The van der Waals surface area contributed by atoms with E-state index in [1.807, 2.05) is 35.5 Å². The quantitative estimate of drug-likeness (QED) is 0.768. The average Bonchev–Trinajstić information content (AvgIpc) is 2.94. The molecule has 0 radical (unpaired) electrons. The third kappa shape index (κ3) is 3.72. The fourth-order valence-corrected chi connectivity index (χ4v) is 2.77. The Morgan fingerprint density at radius 1 is 1.33 bits per heavy atom. The number of rotatable bonds is 6. The molecule has 110 valence electrons. The van der Waals surface area contributed by atoms with Crippen molar-refractivity contribution in [3.63, 3.8) is 0 Å². The monoisotopic (exact) mass is 303 g/mol. The molecule has 0 fully saturated rings. The van der Waals surface area contributed by atoms with Crippen LogP contribution in [0.5, 0.6) is 11.5 Å². The number of hydrogen-bond donors (Lipinski definition) is 0. The second-order valence-corrected chi connectivity index (χ2v) is 5.40. The maximum atomic E-state index is 8.68. The molecule has 0 saturated heterocycles. The highest BCUT2D eigenvalue weighted by molar-refractivity contribution is 7.13. The van der Waals surface area contributed by atoms with E-state index in [1.54, 1.807) is 25.6 Å². The molecule has 2 aromatic rings. The second kappa shape index (κ2) is 7.07. The van der Waals surface area contributed by atoms with E-state index in [4.69, 9.17) is 14.7 Å². The maximum absolute atomic E-state index is 8.68.